The molecule has 25 heavy (non-hydrogen) atoms. The molecule has 0 atom stereocenters. The molecule has 1 aromatic heterocycles. The molecule has 0 bridgehead atoms. The van der Waals surface area contributed by atoms with Crippen molar-refractivity contribution in [3.63, 3.8) is 0 Å². The Labute approximate surface area is 152 Å². The summed E-state index contributed by atoms with van der Waals surface area (Å²) >= 11 is 2.14. The number of hydrogen-bond acceptors (Lipinski definition) is 4. The largest absolute Gasteiger partial charge is 0.326 e. The van der Waals surface area contributed by atoms with E-state index < -0.39 is 5.76 Å². The summed E-state index contributed by atoms with van der Waals surface area (Å²) in [6, 6.07) is 14.4. The number of nitrogens with one attached hydrogen (secondary N) is 1. The lowest BCUT2D eigenvalue weighted by atomic mass is 10.2. The van der Waals surface area contributed by atoms with Gasteiger partial charge >= 0.3 is 0 Å². The Morgan fingerprint density at radius 2 is 1.92 bits per heavy atom. The van der Waals surface area contributed by atoms with E-state index in [1.807, 2.05) is 24.3 Å². The van der Waals surface area contributed by atoms with E-state index in [2.05, 4.69) is 10.3 Å². The summed E-state index contributed by atoms with van der Waals surface area (Å²) in [4.78, 5) is 17.0. The van der Waals surface area contributed by atoms with Crippen LogP contribution in [0.15, 0.2) is 53.4 Å². The average molecular weight is 378 g/mol. The Kier molecular flexibility index (Phi) is 5.99. The molecular formula is C18H16F2N2OS2. The van der Waals surface area contributed by atoms with Crippen molar-refractivity contribution in [2.45, 2.75) is 29.9 Å². The number of carbonyl (C=O) groups is 1. The number of thioether (sulfide) groups is 1. The van der Waals surface area contributed by atoms with Crippen LogP contribution in [0.3, 0.4) is 0 Å². The summed E-state index contributed by atoms with van der Waals surface area (Å²) in [5.41, 5.74) is 1.61. The molecule has 3 rings (SSSR count). The van der Waals surface area contributed by atoms with Gasteiger partial charge in [0.2, 0.25) is 5.91 Å². The number of halogens is 2. The van der Waals surface area contributed by atoms with Gasteiger partial charge in [-0.3, -0.25) is 4.79 Å². The highest BCUT2D eigenvalue weighted by Gasteiger charge is 2.08. The van der Waals surface area contributed by atoms with Gasteiger partial charge in [-0.25, -0.2) is 4.98 Å². The van der Waals surface area contributed by atoms with E-state index in [1.54, 1.807) is 35.6 Å². The summed E-state index contributed by atoms with van der Waals surface area (Å²) in [5, 5.41) is 3.81. The topological polar surface area (TPSA) is 42.0 Å². The van der Waals surface area contributed by atoms with Gasteiger partial charge < -0.3 is 5.32 Å². The first-order valence-electron chi connectivity index (χ1n) is 7.79. The van der Waals surface area contributed by atoms with E-state index in [1.165, 1.54) is 0 Å². The molecule has 1 heterocycles. The number of amides is 1. The highest BCUT2D eigenvalue weighted by molar-refractivity contribution is 7.99. The van der Waals surface area contributed by atoms with Crippen LogP contribution in [-0.2, 0) is 11.2 Å². The number of fused-ring (bicyclic) bond motifs is 1. The van der Waals surface area contributed by atoms with Crippen LogP contribution in [0.1, 0.15) is 17.8 Å². The standard InChI is InChI=1S/C18H16F2N2OS2/c19-18(20)24-13-10-8-12(9-11-13)21-16(23)6-3-7-17-22-14-4-1-2-5-15(14)25-17/h1-2,4-5,8-11,18H,3,6-7H2,(H,21,23). The number of anilines is 1. The number of aromatic nitrogens is 1. The summed E-state index contributed by atoms with van der Waals surface area (Å²) in [6.45, 7) is 0. The van der Waals surface area contributed by atoms with E-state index in [9.17, 15) is 13.6 Å². The van der Waals surface area contributed by atoms with E-state index in [4.69, 9.17) is 0 Å². The number of hydrogen-bond donors (Lipinski definition) is 1. The lowest BCUT2D eigenvalue weighted by molar-refractivity contribution is -0.116. The fraction of sp³-hybridized carbons (Fsp3) is 0.222. The molecule has 0 fully saturated rings. The van der Waals surface area contributed by atoms with Crippen molar-refractivity contribution >= 4 is 44.9 Å². The van der Waals surface area contributed by atoms with Crippen LogP contribution in [0.25, 0.3) is 10.2 Å². The summed E-state index contributed by atoms with van der Waals surface area (Å²) in [7, 11) is 0. The van der Waals surface area contributed by atoms with E-state index >= 15 is 0 Å². The number of nitrogens with zero attached hydrogens (tertiary/aromatic N) is 1. The predicted octanol–water partition coefficient (Wildman–Crippen LogP) is 5.57. The second-order valence-electron chi connectivity index (χ2n) is 5.38. The molecule has 3 nitrogen and oxygen atoms in total. The highest BCUT2D eigenvalue weighted by atomic mass is 32.2. The fourth-order valence-electron chi connectivity index (χ4n) is 2.37. The van der Waals surface area contributed by atoms with Gasteiger partial charge in [0.05, 0.1) is 15.2 Å². The molecule has 0 aliphatic rings. The molecule has 0 saturated heterocycles. The number of aryl methyl sites for hydroxylation is 1. The first kappa shape index (κ1) is 17.8. The Morgan fingerprint density at radius 1 is 1.16 bits per heavy atom. The number of rotatable bonds is 7. The molecule has 0 saturated carbocycles. The van der Waals surface area contributed by atoms with Gasteiger partial charge in [-0.2, -0.15) is 8.78 Å². The molecule has 0 radical (unpaired) electrons. The molecule has 0 spiro atoms. The van der Waals surface area contributed by atoms with Crippen molar-refractivity contribution in [2.75, 3.05) is 5.32 Å². The third kappa shape index (κ3) is 5.24. The lowest BCUT2D eigenvalue weighted by Crippen LogP contribution is -2.11. The van der Waals surface area contributed by atoms with Gasteiger partial charge in [0.25, 0.3) is 5.76 Å². The molecule has 0 aliphatic heterocycles. The van der Waals surface area contributed by atoms with Crippen molar-refractivity contribution in [3.8, 4) is 0 Å². The van der Waals surface area contributed by atoms with Gasteiger partial charge in [0.1, 0.15) is 0 Å². The van der Waals surface area contributed by atoms with Gasteiger partial charge in [-0.15, -0.1) is 11.3 Å². The van der Waals surface area contributed by atoms with Crippen LogP contribution >= 0.6 is 23.1 Å². The molecule has 1 amide bonds. The lowest BCUT2D eigenvalue weighted by Gasteiger charge is -2.06. The Hall–Kier alpha value is -1.99. The Morgan fingerprint density at radius 3 is 2.64 bits per heavy atom. The zero-order chi connectivity index (χ0) is 17.6. The van der Waals surface area contributed by atoms with Gasteiger partial charge in [0.15, 0.2) is 0 Å². The van der Waals surface area contributed by atoms with E-state index in [-0.39, 0.29) is 5.91 Å². The zero-order valence-electron chi connectivity index (χ0n) is 13.2. The molecular weight excluding hydrogens is 362 g/mol. The quantitative estimate of drug-likeness (QED) is 0.546. The second kappa shape index (κ2) is 8.40. The monoisotopic (exact) mass is 378 g/mol. The molecule has 2 aromatic carbocycles. The molecule has 0 aliphatic carbocycles. The third-order valence-electron chi connectivity index (χ3n) is 3.50. The predicted molar refractivity (Wildman–Crippen MR) is 99.5 cm³/mol. The number of alkyl halides is 2. The van der Waals surface area contributed by atoms with Crippen LogP contribution in [0.5, 0.6) is 0 Å². The maximum atomic E-state index is 12.3. The SMILES string of the molecule is O=C(CCCc1nc2ccccc2s1)Nc1ccc(SC(F)F)cc1. The maximum Gasteiger partial charge on any atom is 0.288 e. The smallest absolute Gasteiger partial charge is 0.288 e. The Bertz CT molecular complexity index is 817. The number of thiazole rings is 1. The van der Waals surface area contributed by atoms with Crippen LogP contribution in [0.2, 0.25) is 0 Å². The van der Waals surface area contributed by atoms with E-state index in [0.717, 1.165) is 21.6 Å². The van der Waals surface area contributed by atoms with Crippen LogP contribution in [0.4, 0.5) is 14.5 Å². The summed E-state index contributed by atoms with van der Waals surface area (Å²) in [6.07, 6.45) is 1.87. The minimum absolute atomic E-state index is 0.0876. The number of benzene rings is 2. The van der Waals surface area contributed by atoms with Crippen molar-refractivity contribution in [3.05, 3.63) is 53.5 Å². The first-order valence-corrected chi connectivity index (χ1v) is 9.49. The summed E-state index contributed by atoms with van der Waals surface area (Å²) in [5.74, 6) is -2.53. The molecule has 130 valence electrons. The zero-order valence-corrected chi connectivity index (χ0v) is 14.9. The minimum atomic E-state index is -2.44. The van der Waals surface area contributed by atoms with Gasteiger partial charge in [-0.1, -0.05) is 23.9 Å². The fourth-order valence-corrected chi connectivity index (χ4v) is 3.88. The molecule has 7 heteroatoms. The normalized spacial score (nSPS) is 11.2. The molecule has 0 unspecified atom stereocenters. The van der Waals surface area contributed by atoms with Crippen molar-refractivity contribution in [2.24, 2.45) is 0 Å². The second-order valence-corrected chi connectivity index (χ2v) is 7.56. The third-order valence-corrected chi connectivity index (χ3v) is 5.31. The maximum absolute atomic E-state index is 12.3. The number of carbonyl (C=O) groups excluding carboxylic acids is 1. The van der Waals surface area contributed by atoms with Crippen molar-refractivity contribution in [1.82, 2.24) is 4.98 Å². The average Bonchev–Trinajstić information content (AvgIpc) is 2.99. The van der Waals surface area contributed by atoms with Crippen LogP contribution in [0, 0.1) is 0 Å². The Balaban J connectivity index is 1.46. The molecule has 1 N–H and O–H groups in total. The van der Waals surface area contributed by atoms with Crippen molar-refractivity contribution < 1.29 is 13.6 Å². The van der Waals surface area contributed by atoms with Crippen LogP contribution < -0.4 is 5.32 Å². The van der Waals surface area contributed by atoms with Crippen molar-refractivity contribution in [1.29, 1.82) is 0 Å². The van der Waals surface area contributed by atoms with Gasteiger partial charge in [0, 0.05) is 17.0 Å². The van der Waals surface area contributed by atoms with E-state index in [0.29, 0.717) is 35.2 Å². The van der Waals surface area contributed by atoms with Gasteiger partial charge in [-0.05, 0) is 49.2 Å². The van der Waals surface area contributed by atoms with Crippen LogP contribution in [-0.4, -0.2) is 16.6 Å². The molecule has 3 aromatic rings. The first-order chi connectivity index (χ1) is 12.1. The summed E-state index contributed by atoms with van der Waals surface area (Å²) < 4.78 is 25.7. The number of para-hydroxylation sites is 1. The highest BCUT2D eigenvalue weighted by Crippen LogP contribution is 2.26. The minimum Gasteiger partial charge on any atom is -0.326 e.